The number of aliphatic imine (C=N–C) groups is 1. The van der Waals surface area contributed by atoms with Crippen LogP contribution in [-0.4, -0.2) is 18.2 Å². The highest BCUT2D eigenvalue weighted by atomic mass is 16.1. The Morgan fingerprint density at radius 2 is 1.81 bits per heavy atom. The first kappa shape index (κ1) is 12.3. The van der Waals surface area contributed by atoms with Crippen molar-refractivity contribution in [2.45, 2.75) is 18.8 Å². The van der Waals surface area contributed by atoms with Crippen molar-refractivity contribution in [1.82, 2.24) is 0 Å². The third-order valence-corrected chi connectivity index (χ3v) is 4.06. The number of benzene rings is 2. The predicted octanol–water partition coefficient (Wildman–Crippen LogP) is 3.35. The third-order valence-electron chi connectivity index (χ3n) is 4.06. The SMILES string of the molecule is O=C1CN=C(c2ccccc2)c2cccc(C3CC3)c2N1. The van der Waals surface area contributed by atoms with Gasteiger partial charge < -0.3 is 5.32 Å². The molecule has 104 valence electrons. The van der Waals surface area contributed by atoms with E-state index in [2.05, 4.69) is 28.5 Å². The number of fused-ring (bicyclic) bond motifs is 1. The number of para-hydroxylation sites is 1. The number of anilines is 1. The maximum Gasteiger partial charge on any atom is 0.246 e. The van der Waals surface area contributed by atoms with E-state index in [9.17, 15) is 4.79 Å². The fraction of sp³-hybridized carbons (Fsp3) is 0.222. The lowest BCUT2D eigenvalue weighted by atomic mass is 9.96. The molecule has 0 radical (unpaired) electrons. The number of benzodiazepines with no additional fused rings is 1. The van der Waals surface area contributed by atoms with Crippen molar-refractivity contribution in [3.8, 4) is 0 Å². The molecule has 1 saturated carbocycles. The predicted molar refractivity (Wildman–Crippen MR) is 84.0 cm³/mol. The van der Waals surface area contributed by atoms with Gasteiger partial charge in [0.1, 0.15) is 6.54 Å². The van der Waals surface area contributed by atoms with Gasteiger partial charge in [0.05, 0.1) is 11.4 Å². The van der Waals surface area contributed by atoms with Crippen LogP contribution < -0.4 is 5.32 Å². The second-order valence-electron chi connectivity index (χ2n) is 5.62. The molecule has 3 nitrogen and oxygen atoms in total. The third kappa shape index (κ3) is 2.25. The minimum absolute atomic E-state index is 0.0321. The fourth-order valence-corrected chi connectivity index (χ4v) is 2.90. The first-order chi connectivity index (χ1) is 10.3. The van der Waals surface area contributed by atoms with Crippen molar-refractivity contribution in [2.24, 2.45) is 4.99 Å². The lowest BCUT2D eigenvalue weighted by Crippen LogP contribution is -2.14. The zero-order valence-electron chi connectivity index (χ0n) is 11.7. The van der Waals surface area contributed by atoms with E-state index in [1.54, 1.807) is 0 Å². The van der Waals surface area contributed by atoms with Crippen LogP contribution in [0.25, 0.3) is 0 Å². The van der Waals surface area contributed by atoms with Crippen molar-refractivity contribution in [3.05, 3.63) is 65.2 Å². The molecule has 21 heavy (non-hydrogen) atoms. The zero-order valence-corrected chi connectivity index (χ0v) is 11.7. The molecule has 1 amide bonds. The Morgan fingerprint density at radius 1 is 1.00 bits per heavy atom. The Labute approximate surface area is 123 Å². The van der Waals surface area contributed by atoms with Crippen molar-refractivity contribution in [3.63, 3.8) is 0 Å². The monoisotopic (exact) mass is 276 g/mol. The summed E-state index contributed by atoms with van der Waals surface area (Å²) in [5.74, 6) is 0.561. The maximum atomic E-state index is 12.0. The van der Waals surface area contributed by atoms with E-state index >= 15 is 0 Å². The topological polar surface area (TPSA) is 41.5 Å². The van der Waals surface area contributed by atoms with Crippen LogP contribution in [0.2, 0.25) is 0 Å². The molecule has 3 heteroatoms. The molecule has 1 fully saturated rings. The van der Waals surface area contributed by atoms with Crippen LogP contribution >= 0.6 is 0 Å². The first-order valence-corrected chi connectivity index (χ1v) is 7.36. The summed E-state index contributed by atoms with van der Waals surface area (Å²) in [6, 6.07) is 16.3. The van der Waals surface area contributed by atoms with E-state index in [-0.39, 0.29) is 12.5 Å². The number of amides is 1. The quantitative estimate of drug-likeness (QED) is 0.898. The summed E-state index contributed by atoms with van der Waals surface area (Å²) in [7, 11) is 0. The van der Waals surface area contributed by atoms with Gasteiger partial charge >= 0.3 is 0 Å². The molecular weight excluding hydrogens is 260 g/mol. The molecule has 0 bridgehead atoms. The van der Waals surface area contributed by atoms with Crippen LogP contribution in [0.3, 0.4) is 0 Å². The van der Waals surface area contributed by atoms with Crippen molar-refractivity contribution < 1.29 is 4.79 Å². The van der Waals surface area contributed by atoms with E-state index in [1.807, 2.05) is 30.3 Å². The lowest BCUT2D eigenvalue weighted by Gasteiger charge is -2.14. The number of carbonyl (C=O) groups excluding carboxylic acids is 1. The summed E-state index contributed by atoms with van der Waals surface area (Å²) in [6.45, 7) is 0.184. The number of hydrogen-bond acceptors (Lipinski definition) is 2. The minimum Gasteiger partial charge on any atom is -0.324 e. The highest BCUT2D eigenvalue weighted by molar-refractivity contribution is 6.19. The van der Waals surface area contributed by atoms with Crippen LogP contribution in [-0.2, 0) is 4.79 Å². The summed E-state index contributed by atoms with van der Waals surface area (Å²) in [5.41, 5.74) is 5.22. The van der Waals surface area contributed by atoms with Crippen LogP contribution in [0.4, 0.5) is 5.69 Å². The summed E-state index contributed by atoms with van der Waals surface area (Å²) in [4.78, 5) is 16.5. The number of carbonyl (C=O) groups is 1. The van der Waals surface area contributed by atoms with Gasteiger partial charge in [-0.25, -0.2) is 0 Å². The van der Waals surface area contributed by atoms with Crippen LogP contribution in [0.1, 0.15) is 35.4 Å². The molecule has 1 N–H and O–H groups in total. The maximum absolute atomic E-state index is 12.0. The standard InChI is InChI=1S/C18H16N2O/c21-16-11-19-17(13-5-2-1-3-6-13)15-8-4-7-14(12-9-10-12)18(15)20-16/h1-8,12H,9-11H2,(H,20,21). The van der Waals surface area contributed by atoms with Gasteiger partial charge in [-0.3, -0.25) is 9.79 Å². The molecule has 0 aromatic heterocycles. The van der Waals surface area contributed by atoms with Gasteiger partial charge in [0, 0.05) is 11.1 Å². The number of nitrogens with zero attached hydrogens (tertiary/aromatic N) is 1. The average molecular weight is 276 g/mol. The summed E-state index contributed by atoms with van der Waals surface area (Å²) in [6.07, 6.45) is 2.42. The summed E-state index contributed by atoms with van der Waals surface area (Å²) < 4.78 is 0. The molecular formula is C18H16N2O. The van der Waals surface area contributed by atoms with Gasteiger partial charge in [0.25, 0.3) is 0 Å². The molecule has 2 aromatic rings. The van der Waals surface area contributed by atoms with Crippen molar-refractivity contribution in [1.29, 1.82) is 0 Å². The molecule has 0 unspecified atom stereocenters. The molecule has 1 aliphatic heterocycles. The van der Waals surface area contributed by atoms with Gasteiger partial charge in [0.15, 0.2) is 0 Å². The fourth-order valence-electron chi connectivity index (χ4n) is 2.90. The summed E-state index contributed by atoms with van der Waals surface area (Å²) in [5, 5.41) is 3.06. The molecule has 1 aliphatic carbocycles. The van der Waals surface area contributed by atoms with Gasteiger partial charge in [-0.15, -0.1) is 0 Å². The molecule has 4 rings (SSSR count). The smallest absolute Gasteiger partial charge is 0.246 e. The molecule has 1 heterocycles. The first-order valence-electron chi connectivity index (χ1n) is 7.36. The highest BCUT2D eigenvalue weighted by Gasteiger charge is 2.29. The van der Waals surface area contributed by atoms with Gasteiger partial charge in [-0.05, 0) is 24.3 Å². The number of nitrogens with one attached hydrogen (secondary N) is 1. The Morgan fingerprint density at radius 3 is 2.57 bits per heavy atom. The highest BCUT2D eigenvalue weighted by Crippen LogP contribution is 2.45. The number of rotatable bonds is 2. The van der Waals surface area contributed by atoms with E-state index in [0.717, 1.165) is 22.5 Å². The Balaban J connectivity index is 1.90. The second-order valence-corrected chi connectivity index (χ2v) is 5.62. The Hall–Kier alpha value is -2.42. The Kier molecular flexibility index (Phi) is 2.85. The van der Waals surface area contributed by atoms with Crippen molar-refractivity contribution in [2.75, 3.05) is 11.9 Å². The second kappa shape index (κ2) is 4.85. The van der Waals surface area contributed by atoms with Crippen LogP contribution in [0.15, 0.2) is 53.5 Å². The molecule has 2 aromatic carbocycles. The lowest BCUT2D eigenvalue weighted by molar-refractivity contribution is -0.114. The Bertz CT molecular complexity index is 730. The van der Waals surface area contributed by atoms with E-state index in [4.69, 9.17) is 0 Å². The van der Waals surface area contributed by atoms with Gasteiger partial charge in [-0.1, -0.05) is 48.5 Å². The summed E-state index contributed by atoms with van der Waals surface area (Å²) >= 11 is 0. The molecule has 2 aliphatic rings. The van der Waals surface area contributed by atoms with Crippen LogP contribution in [0, 0.1) is 0 Å². The number of hydrogen-bond donors (Lipinski definition) is 1. The molecule has 0 saturated heterocycles. The van der Waals surface area contributed by atoms with Crippen LogP contribution in [0.5, 0.6) is 0 Å². The molecule has 0 atom stereocenters. The largest absolute Gasteiger partial charge is 0.324 e. The normalized spacial score (nSPS) is 17.5. The zero-order chi connectivity index (χ0) is 14.2. The van der Waals surface area contributed by atoms with Gasteiger partial charge in [0.2, 0.25) is 5.91 Å². The van der Waals surface area contributed by atoms with E-state index < -0.39 is 0 Å². The van der Waals surface area contributed by atoms with Gasteiger partial charge in [-0.2, -0.15) is 0 Å². The van der Waals surface area contributed by atoms with Crippen molar-refractivity contribution >= 4 is 17.3 Å². The average Bonchev–Trinajstić information content (AvgIpc) is 3.34. The minimum atomic E-state index is -0.0321. The van der Waals surface area contributed by atoms with E-state index in [0.29, 0.717) is 5.92 Å². The van der Waals surface area contributed by atoms with E-state index in [1.165, 1.54) is 18.4 Å². The molecule has 0 spiro atoms.